The van der Waals surface area contributed by atoms with Crippen LogP contribution in [0.25, 0.3) is 11.1 Å². The van der Waals surface area contributed by atoms with Gasteiger partial charge in [0.1, 0.15) is 0 Å². The first-order valence-corrected chi connectivity index (χ1v) is 8.68. The molecule has 1 amide bonds. The summed E-state index contributed by atoms with van der Waals surface area (Å²) in [6, 6.07) is 16.8. The first-order chi connectivity index (χ1) is 12.2. The molecule has 2 N–H and O–H groups in total. The zero-order valence-electron chi connectivity index (χ0n) is 14.5. The normalized spacial score (nSPS) is 11.6. The minimum atomic E-state index is -0.151. The van der Waals surface area contributed by atoms with Crippen LogP contribution < -0.4 is 5.32 Å². The van der Waals surface area contributed by atoms with Gasteiger partial charge in [-0.05, 0) is 36.5 Å². The van der Waals surface area contributed by atoms with Gasteiger partial charge in [-0.1, -0.05) is 49.7 Å². The Hall–Kier alpha value is -2.64. The predicted octanol–water partition coefficient (Wildman–Crippen LogP) is 3.75. The fourth-order valence-electron chi connectivity index (χ4n) is 3.00. The van der Waals surface area contributed by atoms with Crippen molar-refractivity contribution in [1.29, 1.82) is 5.26 Å². The molecule has 2 aromatic rings. The van der Waals surface area contributed by atoms with E-state index in [9.17, 15) is 10.1 Å². The quantitative estimate of drug-likeness (QED) is 0.771. The van der Waals surface area contributed by atoms with Crippen LogP contribution in [0.15, 0.2) is 48.5 Å². The van der Waals surface area contributed by atoms with E-state index in [0.29, 0.717) is 24.1 Å². The van der Waals surface area contributed by atoms with Crippen molar-refractivity contribution in [3.8, 4) is 17.2 Å². The first-order valence-electron chi connectivity index (χ1n) is 8.68. The second-order valence-electron chi connectivity index (χ2n) is 6.08. The number of rotatable bonds is 8. The lowest BCUT2D eigenvalue weighted by Crippen LogP contribution is -2.30. The fourth-order valence-corrected chi connectivity index (χ4v) is 3.00. The Morgan fingerprint density at radius 1 is 1.12 bits per heavy atom. The summed E-state index contributed by atoms with van der Waals surface area (Å²) >= 11 is 0. The van der Waals surface area contributed by atoms with Gasteiger partial charge in [0.2, 0.25) is 0 Å². The Morgan fingerprint density at radius 2 is 1.80 bits per heavy atom. The lowest BCUT2D eigenvalue weighted by Gasteiger charge is -2.17. The van der Waals surface area contributed by atoms with Gasteiger partial charge in [0.15, 0.2) is 0 Å². The van der Waals surface area contributed by atoms with Crippen molar-refractivity contribution < 1.29 is 9.90 Å². The maximum Gasteiger partial charge on any atom is 0.251 e. The van der Waals surface area contributed by atoms with Crippen LogP contribution in [-0.4, -0.2) is 24.2 Å². The average Bonchev–Trinajstić information content (AvgIpc) is 2.66. The van der Waals surface area contributed by atoms with Gasteiger partial charge in [0.25, 0.3) is 5.91 Å². The number of aliphatic hydroxyl groups is 1. The number of aliphatic hydroxyl groups excluding tert-OH is 1. The molecule has 0 saturated heterocycles. The van der Waals surface area contributed by atoms with Crippen LogP contribution in [0, 0.1) is 17.2 Å². The summed E-state index contributed by atoms with van der Waals surface area (Å²) < 4.78 is 0. The molecule has 4 nitrogen and oxygen atoms in total. The lowest BCUT2D eigenvalue weighted by atomic mass is 9.95. The van der Waals surface area contributed by atoms with Gasteiger partial charge in [-0.15, -0.1) is 0 Å². The van der Waals surface area contributed by atoms with Crippen molar-refractivity contribution in [1.82, 2.24) is 5.32 Å². The highest BCUT2D eigenvalue weighted by Crippen LogP contribution is 2.26. The number of hydrogen-bond donors (Lipinski definition) is 2. The van der Waals surface area contributed by atoms with Crippen LogP contribution in [0.5, 0.6) is 0 Å². The van der Waals surface area contributed by atoms with E-state index in [2.05, 4.69) is 18.3 Å². The molecule has 1 unspecified atom stereocenters. The monoisotopic (exact) mass is 336 g/mol. The van der Waals surface area contributed by atoms with Gasteiger partial charge in [-0.25, -0.2) is 0 Å². The summed E-state index contributed by atoms with van der Waals surface area (Å²) in [5.41, 5.74) is 2.62. The topological polar surface area (TPSA) is 73.1 Å². The Kier molecular flexibility index (Phi) is 7.18. The smallest absolute Gasteiger partial charge is 0.251 e. The minimum Gasteiger partial charge on any atom is -0.396 e. The van der Waals surface area contributed by atoms with E-state index >= 15 is 0 Å². The molecule has 0 spiro atoms. The molecule has 0 aliphatic heterocycles. The van der Waals surface area contributed by atoms with Crippen LogP contribution >= 0.6 is 0 Å². The molecule has 0 bridgehead atoms. The average molecular weight is 336 g/mol. The van der Waals surface area contributed by atoms with Crippen molar-refractivity contribution in [2.45, 2.75) is 26.2 Å². The zero-order valence-corrected chi connectivity index (χ0v) is 14.5. The van der Waals surface area contributed by atoms with Crippen molar-refractivity contribution >= 4 is 5.91 Å². The van der Waals surface area contributed by atoms with Crippen LogP contribution in [0.2, 0.25) is 0 Å². The van der Waals surface area contributed by atoms with Gasteiger partial charge in [-0.2, -0.15) is 5.26 Å². The minimum absolute atomic E-state index is 0.132. The van der Waals surface area contributed by atoms with Crippen molar-refractivity contribution in [2.75, 3.05) is 13.2 Å². The van der Waals surface area contributed by atoms with Crippen LogP contribution in [0.3, 0.4) is 0 Å². The summed E-state index contributed by atoms with van der Waals surface area (Å²) in [4.78, 5) is 12.7. The van der Waals surface area contributed by atoms with E-state index in [4.69, 9.17) is 5.11 Å². The molecule has 0 aliphatic rings. The van der Waals surface area contributed by atoms with Crippen molar-refractivity contribution in [3.05, 3.63) is 59.7 Å². The SMILES string of the molecule is CCCC(CCO)CNC(=O)c1ccccc1-c1ccccc1C#N. The number of nitrogens with one attached hydrogen (secondary N) is 1. The van der Waals surface area contributed by atoms with Crippen molar-refractivity contribution in [2.24, 2.45) is 5.92 Å². The summed E-state index contributed by atoms with van der Waals surface area (Å²) in [7, 11) is 0. The highest BCUT2D eigenvalue weighted by atomic mass is 16.3. The molecule has 130 valence electrons. The molecule has 25 heavy (non-hydrogen) atoms. The second kappa shape index (κ2) is 9.61. The van der Waals surface area contributed by atoms with Crippen LogP contribution in [0.1, 0.15) is 42.1 Å². The van der Waals surface area contributed by atoms with E-state index in [1.54, 1.807) is 12.1 Å². The molecular weight excluding hydrogens is 312 g/mol. The second-order valence-corrected chi connectivity index (χ2v) is 6.08. The molecule has 0 fully saturated rings. The molecule has 4 heteroatoms. The first kappa shape index (κ1) is 18.7. The van der Waals surface area contributed by atoms with Gasteiger partial charge >= 0.3 is 0 Å². The standard InChI is InChI=1S/C21H24N2O2/c1-2-7-16(12-13-24)15-23-21(25)20-11-6-5-10-19(20)18-9-4-3-8-17(18)14-22/h3-6,8-11,16,24H,2,7,12-13,15H2,1H3,(H,23,25). The number of benzene rings is 2. The molecule has 1 atom stereocenters. The Morgan fingerprint density at radius 3 is 2.48 bits per heavy atom. The summed E-state index contributed by atoms with van der Waals surface area (Å²) in [5.74, 6) is 0.125. The van der Waals surface area contributed by atoms with E-state index in [0.717, 1.165) is 24.0 Å². The van der Waals surface area contributed by atoms with Crippen molar-refractivity contribution in [3.63, 3.8) is 0 Å². The van der Waals surface area contributed by atoms with Gasteiger partial charge in [0.05, 0.1) is 11.6 Å². The molecule has 2 aromatic carbocycles. The third-order valence-electron chi connectivity index (χ3n) is 4.29. The number of carbonyl (C=O) groups is 1. The van der Waals surface area contributed by atoms with E-state index in [-0.39, 0.29) is 18.4 Å². The van der Waals surface area contributed by atoms with E-state index < -0.39 is 0 Å². The van der Waals surface area contributed by atoms with E-state index in [1.807, 2.05) is 36.4 Å². The largest absolute Gasteiger partial charge is 0.396 e. The highest BCUT2D eigenvalue weighted by molar-refractivity contribution is 6.01. The van der Waals surface area contributed by atoms with Gasteiger partial charge in [-0.3, -0.25) is 4.79 Å². The summed E-state index contributed by atoms with van der Waals surface area (Å²) in [6.07, 6.45) is 2.68. The molecule has 0 heterocycles. The molecule has 2 rings (SSSR count). The molecule has 0 aromatic heterocycles. The Bertz CT molecular complexity index is 744. The maximum absolute atomic E-state index is 12.7. The van der Waals surface area contributed by atoms with Crippen LogP contribution in [0.4, 0.5) is 0 Å². The van der Waals surface area contributed by atoms with Gasteiger partial charge < -0.3 is 10.4 Å². The Balaban J connectivity index is 2.23. The third-order valence-corrected chi connectivity index (χ3v) is 4.29. The molecular formula is C21H24N2O2. The third kappa shape index (κ3) is 4.91. The number of nitriles is 1. The Labute approximate surface area is 149 Å². The summed E-state index contributed by atoms with van der Waals surface area (Å²) in [5, 5.41) is 21.5. The van der Waals surface area contributed by atoms with E-state index in [1.165, 1.54) is 0 Å². The highest BCUT2D eigenvalue weighted by Gasteiger charge is 2.16. The molecule has 0 aliphatic carbocycles. The summed E-state index contributed by atoms with van der Waals surface area (Å²) in [6.45, 7) is 2.77. The fraction of sp³-hybridized carbons (Fsp3) is 0.333. The number of hydrogen-bond acceptors (Lipinski definition) is 3. The number of amides is 1. The maximum atomic E-state index is 12.7. The number of nitrogens with zero attached hydrogens (tertiary/aromatic N) is 1. The molecule has 0 saturated carbocycles. The van der Waals surface area contributed by atoms with Crippen LogP contribution in [-0.2, 0) is 0 Å². The molecule has 0 radical (unpaired) electrons. The predicted molar refractivity (Wildman–Crippen MR) is 99.0 cm³/mol. The number of carbonyl (C=O) groups excluding carboxylic acids is 1. The van der Waals surface area contributed by atoms with Gasteiger partial charge in [0, 0.05) is 24.3 Å². The zero-order chi connectivity index (χ0) is 18.1. The lowest BCUT2D eigenvalue weighted by molar-refractivity contribution is 0.0943.